The third-order valence-electron chi connectivity index (χ3n) is 1.64. The number of thiol groups is 1. The highest BCUT2D eigenvalue weighted by atomic mass is 35.5. The molecular weight excluding hydrogens is 188 g/mol. The number of benzene rings is 1. The maximum absolute atomic E-state index is 5.84. The minimum Gasteiger partial charge on any atom is -0.175 e. The molecule has 1 aromatic carbocycles. The summed E-state index contributed by atoms with van der Waals surface area (Å²) >= 11 is 9.93. The van der Waals surface area contributed by atoms with Gasteiger partial charge in [0.2, 0.25) is 0 Å². The van der Waals surface area contributed by atoms with Gasteiger partial charge in [0, 0.05) is 10.8 Å². The van der Waals surface area contributed by atoms with Crippen LogP contribution in [0.3, 0.4) is 0 Å². The zero-order valence-electron chi connectivity index (χ0n) is 6.92. The van der Waals surface area contributed by atoms with Crippen LogP contribution in [-0.2, 0) is 0 Å². The van der Waals surface area contributed by atoms with E-state index >= 15 is 0 Å². The number of halogens is 1. The Bertz CT molecular complexity index is 292. The highest BCUT2D eigenvalue weighted by molar-refractivity contribution is 7.80. The van der Waals surface area contributed by atoms with E-state index in [4.69, 9.17) is 11.6 Å². The molecule has 0 heterocycles. The van der Waals surface area contributed by atoms with Gasteiger partial charge in [-0.3, -0.25) is 0 Å². The van der Waals surface area contributed by atoms with Crippen LogP contribution in [0.25, 0.3) is 6.08 Å². The van der Waals surface area contributed by atoms with Gasteiger partial charge in [0.1, 0.15) is 0 Å². The zero-order valence-corrected chi connectivity index (χ0v) is 8.57. The molecule has 0 aromatic heterocycles. The van der Waals surface area contributed by atoms with Crippen molar-refractivity contribution in [2.24, 2.45) is 0 Å². The Kier molecular flexibility index (Phi) is 3.70. The molecule has 0 saturated heterocycles. The molecule has 0 aliphatic carbocycles. The summed E-state index contributed by atoms with van der Waals surface area (Å²) in [5, 5.41) is 0.777. The quantitative estimate of drug-likeness (QED) is 0.690. The minimum atomic E-state index is 0.756. The van der Waals surface area contributed by atoms with Crippen molar-refractivity contribution < 1.29 is 0 Å². The third kappa shape index (κ3) is 2.58. The van der Waals surface area contributed by atoms with Crippen molar-refractivity contribution in [3.8, 4) is 0 Å². The lowest BCUT2D eigenvalue weighted by Crippen LogP contribution is -1.79. The van der Waals surface area contributed by atoms with Gasteiger partial charge in [-0.2, -0.15) is 12.6 Å². The summed E-state index contributed by atoms with van der Waals surface area (Å²) < 4.78 is 0. The average molecular weight is 199 g/mol. The van der Waals surface area contributed by atoms with Crippen LogP contribution in [0.4, 0.5) is 0 Å². The fourth-order valence-corrected chi connectivity index (χ4v) is 1.26. The van der Waals surface area contributed by atoms with Gasteiger partial charge in [0.15, 0.2) is 0 Å². The molecule has 0 nitrogen and oxygen atoms in total. The van der Waals surface area contributed by atoms with Crippen molar-refractivity contribution in [3.63, 3.8) is 0 Å². The van der Waals surface area contributed by atoms with Crippen LogP contribution < -0.4 is 0 Å². The van der Waals surface area contributed by atoms with Crippen LogP contribution in [-0.4, -0.2) is 5.75 Å². The van der Waals surface area contributed by atoms with E-state index in [9.17, 15) is 0 Å². The van der Waals surface area contributed by atoms with Crippen molar-refractivity contribution in [2.45, 2.75) is 6.92 Å². The highest BCUT2D eigenvalue weighted by Crippen LogP contribution is 2.16. The normalized spacial score (nSPS) is 10.9. The van der Waals surface area contributed by atoms with E-state index in [-0.39, 0.29) is 0 Å². The van der Waals surface area contributed by atoms with Crippen molar-refractivity contribution >= 4 is 30.3 Å². The van der Waals surface area contributed by atoms with Gasteiger partial charge in [0.05, 0.1) is 0 Å². The van der Waals surface area contributed by atoms with Gasteiger partial charge in [0.25, 0.3) is 0 Å². The summed E-state index contributed by atoms with van der Waals surface area (Å²) in [4.78, 5) is 0. The molecular formula is C10H11ClS. The largest absolute Gasteiger partial charge is 0.175 e. The van der Waals surface area contributed by atoms with Crippen LogP contribution >= 0.6 is 24.2 Å². The van der Waals surface area contributed by atoms with Gasteiger partial charge in [-0.25, -0.2) is 0 Å². The molecule has 0 aliphatic heterocycles. The predicted molar refractivity (Wildman–Crippen MR) is 59.1 cm³/mol. The molecule has 1 rings (SSSR count). The summed E-state index contributed by atoms with van der Waals surface area (Å²) in [5.41, 5.74) is 2.40. The SMILES string of the molecule is Cc1ccc(Cl)cc1C=CCS. The monoisotopic (exact) mass is 198 g/mol. The Hall–Kier alpha value is -0.400. The van der Waals surface area contributed by atoms with E-state index in [1.54, 1.807) is 0 Å². The first-order chi connectivity index (χ1) is 5.74. The topological polar surface area (TPSA) is 0 Å². The first kappa shape index (κ1) is 9.69. The maximum atomic E-state index is 5.84. The predicted octanol–water partition coefficient (Wildman–Crippen LogP) is 3.59. The molecule has 0 fully saturated rings. The van der Waals surface area contributed by atoms with Gasteiger partial charge in [-0.1, -0.05) is 29.8 Å². The van der Waals surface area contributed by atoms with Crippen LogP contribution in [0.15, 0.2) is 24.3 Å². The van der Waals surface area contributed by atoms with E-state index in [0.717, 1.165) is 16.3 Å². The van der Waals surface area contributed by atoms with Crippen LogP contribution in [0, 0.1) is 6.92 Å². The van der Waals surface area contributed by atoms with Crippen molar-refractivity contribution in [2.75, 3.05) is 5.75 Å². The molecule has 2 heteroatoms. The third-order valence-corrected chi connectivity index (χ3v) is 2.09. The second-order valence-electron chi connectivity index (χ2n) is 2.59. The van der Waals surface area contributed by atoms with Crippen LogP contribution in [0.1, 0.15) is 11.1 Å². The number of rotatable bonds is 2. The first-order valence-corrected chi connectivity index (χ1v) is 4.78. The molecule has 0 atom stereocenters. The number of hydrogen-bond acceptors (Lipinski definition) is 1. The van der Waals surface area contributed by atoms with Gasteiger partial charge < -0.3 is 0 Å². The van der Waals surface area contributed by atoms with Crippen molar-refractivity contribution in [1.29, 1.82) is 0 Å². The summed E-state index contributed by atoms with van der Waals surface area (Å²) in [7, 11) is 0. The summed E-state index contributed by atoms with van der Waals surface area (Å²) in [6, 6.07) is 5.87. The lowest BCUT2D eigenvalue weighted by molar-refractivity contribution is 1.44. The summed E-state index contributed by atoms with van der Waals surface area (Å²) in [6.45, 7) is 2.06. The van der Waals surface area contributed by atoms with Gasteiger partial charge in [-0.15, -0.1) is 0 Å². The van der Waals surface area contributed by atoms with E-state index in [0.29, 0.717) is 0 Å². The smallest absolute Gasteiger partial charge is 0.0412 e. The summed E-state index contributed by atoms with van der Waals surface area (Å²) in [6.07, 6.45) is 4.04. The van der Waals surface area contributed by atoms with Gasteiger partial charge in [-0.05, 0) is 30.2 Å². The van der Waals surface area contributed by atoms with Crippen molar-refractivity contribution in [3.05, 3.63) is 40.4 Å². The molecule has 0 radical (unpaired) electrons. The fourth-order valence-electron chi connectivity index (χ4n) is 0.971. The molecule has 0 N–H and O–H groups in total. The van der Waals surface area contributed by atoms with E-state index in [1.165, 1.54) is 5.56 Å². The van der Waals surface area contributed by atoms with E-state index in [2.05, 4.69) is 19.6 Å². The minimum absolute atomic E-state index is 0.756. The molecule has 0 aliphatic rings. The zero-order chi connectivity index (χ0) is 8.97. The Morgan fingerprint density at radius 3 is 2.92 bits per heavy atom. The molecule has 0 bridgehead atoms. The average Bonchev–Trinajstić information content (AvgIpc) is 2.07. The summed E-state index contributed by atoms with van der Waals surface area (Å²) in [5.74, 6) is 0.756. The molecule has 1 aromatic rings. The number of hydrogen-bond donors (Lipinski definition) is 1. The van der Waals surface area contributed by atoms with Crippen LogP contribution in [0.5, 0.6) is 0 Å². The van der Waals surface area contributed by atoms with Gasteiger partial charge >= 0.3 is 0 Å². The Morgan fingerprint density at radius 1 is 1.50 bits per heavy atom. The Morgan fingerprint density at radius 2 is 2.25 bits per heavy atom. The molecule has 0 amide bonds. The second-order valence-corrected chi connectivity index (χ2v) is 3.39. The molecule has 0 spiro atoms. The Labute approximate surface area is 83.7 Å². The first-order valence-electron chi connectivity index (χ1n) is 3.77. The molecule has 64 valence electrons. The standard InChI is InChI=1S/C10H11ClS/c1-8-4-5-10(11)7-9(8)3-2-6-12/h2-5,7,12H,6H2,1H3. The molecule has 0 saturated carbocycles. The second kappa shape index (κ2) is 4.58. The lowest BCUT2D eigenvalue weighted by atomic mass is 10.1. The van der Waals surface area contributed by atoms with Crippen molar-refractivity contribution in [1.82, 2.24) is 0 Å². The lowest BCUT2D eigenvalue weighted by Gasteiger charge is -1.99. The van der Waals surface area contributed by atoms with Crippen LogP contribution in [0.2, 0.25) is 5.02 Å². The van der Waals surface area contributed by atoms with E-state index < -0.39 is 0 Å². The highest BCUT2D eigenvalue weighted by Gasteiger charge is 1.93. The molecule has 0 unspecified atom stereocenters. The Balaban J connectivity index is 2.97. The van der Waals surface area contributed by atoms with E-state index in [1.807, 2.05) is 30.4 Å². The fraction of sp³-hybridized carbons (Fsp3) is 0.200. The molecule has 12 heavy (non-hydrogen) atoms. The maximum Gasteiger partial charge on any atom is 0.0412 e. The number of aryl methyl sites for hydroxylation is 1.